The van der Waals surface area contributed by atoms with E-state index in [1.807, 2.05) is 24.3 Å². The zero-order chi connectivity index (χ0) is 43.6. The summed E-state index contributed by atoms with van der Waals surface area (Å²) in [4.78, 5) is 60.2. The molecule has 7 heterocycles. The van der Waals surface area contributed by atoms with Crippen LogP contribution in [0.5, 0.6) is 0 Å². The number of piperazine rings is 1. The minimum Gasteiger partial charge on any atom is -0.379 e. The molecule has 3 saturated heterocycles. The van der Waals surface area contributed by atoms with Crippen LogP contribution in [0.2, 0.25) is 0 Å². The Morgan fingerprint density at radius 1 is 1.05 bits per heavy atom. The van der Waals surface area contributed by atoms with E-state index >= 15 is 0 Å². The highest BCUT2D eigenvalue weighted by Crippen LogP contribution is 2.36. The van der Waals surface area contributed by atoms with Gasteiger partial charge >= 0.3 is 5.69 Å². The fourth-order valence-corrected chi connectivity index (χ4v) is 9.58. The van der Waals surface area contributed by atoms with Gasteiger partial charge in [-0.1, -0.05) is 12.1 Å². The van der Waals surface area contributed by atoms with Gasteiger partial charge in [-0.2, -0.15) is 10.2 Å². The Labute approximate surface area is 361 Å². The van der Waals surface area contributed by atoms with E-state index in [2.05, 4.69) is 35.9 Å². The van der Waals surface area contributed by atoms with Crippen molar-refractivity contribution >= 4 is 45.9 Å². The van der Waals surface area contributed by atoms with Crippen molar-refractivity contribution in [2.75, 3.05) is 69.4 Å². The number of imidazole rings is 1. The number of benzene rings is 1. The minimum atomic E-state index is -2.86. The predicted octanol–water partition coefficient (Wildman–Crippen LogP) is 3.59. The molecular weight excluding hydrogens is 819 g/mol. The van der Waals surface area contributed by atoms with Crippen LogP contribution in [0.4, 0.5) is 20.3 Å². The average molecular weight is 873 g/mol. The standard InChI is InChI=1S/C43H54F2N12O6/c1-52-38-28(4-2-6-33(38)57(43(52)61)34-11-12-36(58)50-42(34)60)5-3-21-62-25-30-13-17-53(26-63-30)23-27-7-9-29(10-8-27)56-24-32(37(51-56)39(44)45)48-41(59)31-22-47-55-18-14-35(49-40(31)55)54-19-15-46-16-20-54/h2,4,6,14,18,22,24,27,29-30,34,39,46H,3,5,7-13,15-17,19-21,23,25-26H2,1H3,(H,48,59)(H,50,58,60). The number of imide groups is 1. The Balaban J connectivity index is 0.712. The Morgan fingerprint density at radius 3 is 2.63 bits per heavy atom. The molecule has 0 bridgehead atoms. The van der Waals surface area contributed by atoms with E-state index in [1.54, 1.807) is 22.5 Å². The van der Waals surface area contributed by atoms with Crippen LogP contribution in [-0.2, 0) is 32.5 Å². The molecule has 4 aromatic heterocycles. The fraction of sp³-hybridized carbons (Fsp3) is 0.558. The van der Waals surface area contributed by atoms with Crippen molar-refractivity contribution in [3.05, 3.63) is 70.2 Å². The van der Waals surface area contributed by atoms with E-state index < -0.39 is 30.0 Å². The van der Waals surface area contributed by atoms with E-state index in [4.69, 9.17) is 14.5 Å². The highest BCUT2D eigenvalue weighted by atomic mass is 19.3. The molecule has 63 heavy (non-hydrogen) atoms. The second-order valence-corrected chi connectivity index (χ2v) is 17.1. The maximum atomic E-state index is 14.2. The SMILES string of the molecule is Cn1c(=O)n(C2CCC(=O)NC2=O)c2cccc(CCCOCC3CCN(CC4CCC(n5cc(NC(=O)c6cnn7ccc(N8CCNCC8)nc67)c(C(F)F)n5)CC4)CO3)c21. The molecule has 0 spiro atoms. The number of aryl methyl sites for hydroxylation is 2. The lowest BCUT2D eigenvalue weighted by molar-refractivity contribution is -0.135. The number of nitrogens with one attached hydrogen (secondary N) is 3. The van der Waals surface area contributed by atoms with Crippen LogP contribution in [0.15, 0.2) is 47.7 Å². The van der Waals surface area contributed by atoms with Gasteiger partial charge in [0.2, 0.25) is 11.8 Å². The largest absolute Gasteiger partial charge is 0.379 e. The minimum absolute atomic E-state index is 0.00115. The summed E-state index contributed by atoms with van der Waals surface area (Å²) in [7, 11) is 1.71. The summed E-state index contributed by atoms with van der Waals surface area (Å²) in [6.45, 7) is 6.57. The summed E-state index contributed by atoms with van der Waals surface area (Å²) >= 11 is 0. The third kappa shape index (κ3) is 9.12. The summed E-state index contributed by atoms with van der Waals surface area (Å²) in [6, 6.07) is 6.81. The van der Waals surface area contributed by atoms with Gasteiger partial charge in [0.1, 0.15) is 17.4 Å². The molecule has 3 amide bonds. The van der Waals surface area contributed by atoms with Crippen molar-refractivity contribution in [1.82, 2.24) is 49.0 Å². The molecule has 1 aromatic carbocycles. The number of aromatic nitrogens is 7. The highest BCUT2D eigenvalue weighted by molar-refractivity contribution is 6.08. The molecular formula is C43H54F2N12O6. The number of nitrogens with zero attached hydrogens (tertiary/aromatic N) is 9. The van der Waals surface area contributed by atoms with Crippen molar-refractivity contribution in [2.24, 2.45) is 13.0 Å². The van der Waals surface area contributed by atoms with Crippen LogP contribution in [0, 0.1) is 5.92 Å². The van der Waals surface area contributed by atoms with Crippen LogP contribution in [0.3, 0.4) is 0 Å². The molecule has 0 radical (unpaired) electrons. The predicted molar refractivity (Wildman–Crippen MR) is 228 cm³/mol. The van der Waals surface area contributed by atoms with E-state index in [9.17, 15) is 28.0 Å². The number of rotatable bonds is 14. The van der Waals surface area contributed by atoms with Gasteiger partial charge in [0, 0.05) is 71.7 Å². The lowest BCUT2D eigenvalue weighted by atomic mass is 9.85. The highest BCUT2D eigenvalue weighted by Gasteiger charge is 2.33. The molecule has 5 aromatic rings. The molecule has 3 aliphatic heterocycles. The number of ether oxygens (including phenoxy) is 2. The van der Waals surface area contributed by atoms with Gasteiger partial charge < -0.3 is 25.0 Å². The fourth-order valence-electron chi connectivity index (χ4n) is 9.58. The van der Waals surface area contributed by atoms with Gasteiger partial charge in [0.15, 0.2) is 11.3 Å². The van der Waals surface area contributed by atoms with Gasteiger partial charge in [-0.15, -0.1) is 0 Å². The number of amides is 3. The molecule has 4 aliphatic rings. The van der Waals surface area contributed by atoms with Gasteiger partial charge in [0.25, 0.3) is 12.3 Å². The number of anilines is 2. The van der Waals surface area contributed by atoms with Gasteiger partial charge in [-0.3, -0.25) is 38.4 Å². The maximum Gasteiger partial charge on any atom is 0.329 e. The Morgan fingerprint density at radius 2 is 1.87 bits per heavy atom. The maximum absolute atomic E-state index is 14.2. The lowest BCUT2D eigenvalue weighted by Crippen LogP contribution is -2.44. The van der Waals surface area contributed by atoms with Gasteiger partial charge in [-0.05, 0) is 75.0 Å². The summed E-state index contributed by atoms with van der Waals surface area (Å²) < 4.78 is 46.9. The topological polar surface area (TPSA) is 187 Å². The number of fused-ring (bicyclic) bond motifs is 2. The molecule has 2 unspecified atom stereocenters. The summed E-state index contributed by atoms with van der Waals surface area (Å²) in [6.07, 6.45) is 8.02. The quantitative estimate of drug-likeness (QED) is 0.109. The van der Waals surface area contributed by atoms with Crippen LogP contribution >= 0.6 is 0 Å². The molecule has 336 valence electrons. The van der Waals surface area contributed by atoms with E-state index in [-0.39, 0.29) is 41.4 Å². The molecule has 9 rings (SSSR count). The summed E-state index contributed by atoms with van der Waals surface area (Å²) in [5.41, 5.74) is 2.26. The molecule has 18 nitrogen and oxygen atoms in total. The van der Waals surface area contributed by atoms with Crippen LogP contribution in [0.1, 0.15) is 91.5 Å². The Bertz CT molecular complexity index is 2510. The van der Waals surface area contributed by atoms with Gasteiger partial charge in [-0.25, -0.2) is 23.1 Å². The Kier molecular flexibility index (Phi) is 12.6. The summed E-state index contributed by atoms with van der Waals surface area (Å²) in [5, 5.41) is 16.9. The van der Waals surface area contributed by atoms with Crippen LogP contribution in [0.25, 0.3) is 16.7 Å². The molecule has 20 heteroatoms. The molecule has 1 aliphatic carbocycles. The monoisotopic (exact) mass is 872 g/mol. The normalized spacial score (nSPS) is 22.6. The van der Waals surface area contributed by atoms with Gasteiger partial charge in [0.05, 0.1) is 48.4 Å². The number of carbonyl (C=O) groups excluding carboxylic acids is 3. The number of hydrogen-bond acceptors (Lipinski definition) is 12. The van der Waals surface area contributed by atoms with Crippen molar-refractivity contribution in [3.8, 4) is 0 Å². The van der Waals surface area contributed by atoms with E-state index in [0.29, 0.717) is 49.9 Å². The van der Waals surface area contributed by atoms with Crippen molar-refractivity contribution in [2.45, 2.75) is 82.4 Å². The average Bonchev–Trinajstić information content (AvgIpc) is 3.99. The second-order valence-electron chi connectivity index (χ2n) is 17.1. The number of piperidine rings is 1. The third-order valence-corrected chi connectivity index (χ3v) is 13.0. The zero-order valence-electron chi connectivity index (χ0n) is 35.4. The number of halogens is 2. The number of para-hydroxylation sites is 1. The molecule has 3 N–H and O–H groups in total. The second kappa shape index (κ2) is 18.6. The van der Waals surface area contributed by atoms with E-state index in [0.717, 1.165) is 94.7 Å². The number of carbonyl (C=O) groups is 3. The number of alkyl halides is 2. The van der Waals surface area contributed by atoms with E-state index in [1.165, 1.54) is 21.5 Å². The third-order valence-electron chi connectivity index (χ3n) is 13.0. The smallest absolute Gasteiger partial charge is 0.329 e. The first-order chi connectivity index (χ1) is 30.6. The lowest BCUT2D eigenvalue weighted by Gasteiger charge is -2.36. The van der Waals surface area contributed by atoms with Crippen molar-refractivity contribution in [1.29, 1.82) is 0 Å². The first kappa shape index (κ1) is 42.7. The molecule has 1 saturated carbocycles. The van der Waals surface area contributed by atoms with Crippen LogP contribution < -0.4 is 26.5 Å². The van der Waals surface area contributed by atoms with Crippen LogP contribution in [-0.4, -0.2) is 121 Å². The van der Waals surface area contributed by atoms with Crippen molar-refractivity contribution < 1.29 is 32.6 Å². The first-order valence-electron chi connectivity index (χ1n) is 22.0. The first-order valence-corrected chi connectivity index (χ1v) is 22.0. The number of hydrogen-bond donors (Lipinski definition) is 3. The summed E-state index contributed by atoms with van der Waals surface area (Å²) in [5.74, 6) is -0.164. The Hall–Kier alpha value is -5.57. The zero-order valence-corrected chi connectivity index (χ0v) is 35.4. The molecule has 4 fully saturated rings. The molecule has 2 atom stereocenters. The van der Waals surface area contributed by atoms with Crippen molar-refractivity contribution in [3.63, 3.8) is 0 Å².